The van der Waals surface area contributed by atoms with Gasteiger partial charge in [0.25, 0.3) is 5.91 Å². The normalized spacial score (nSPS) is 14.6. The number of H-pyrrole nitrogens is 1. The van der Waals surface area contributed by atoms with Gasteiger partial charge in [-0.15, -0.1) is 0 Å². The highest BCUT2D eigenvalue weighted by atomic mass is 16.2. The summed E-state index contributed by atoms with van der Waals surface area (Å²) < 4.78 is 0. The lowest BCUT2D eigenvalue weighted by Crippen LogP contribution is -2.47. The van der Waals surface area contributed by atoms with Gasteiger partial charge >= 0.3 is 0 Å². The first kappa shape index (κ1) is 20.1. The number of fused-ring (bicyclic) bond motifs is 1. The summed E-state index contributed by atoms with van der Waals surface area (Å²) in [4.78, 5) is 33.8. The predicted molar refractivity (Wildman–Crippen MR) is 125 cm³/mol. The number of likely N-dealkylation sites (N-methyl/N-ethyl adjacent to an activating group) is 1. The number of carbonyl (C=O) groups is 1. The Labute approximate surface area is 186 Å². The van der Waals surface area contributed by atoms with Crippen molar-refractivity contribution in [2.45, 2.75) is 6.92 Å². The molecule has 0 unspecified atom stereocenters. The molecule has 0 aliphatic carbocycles. The van der Waals surface area contributed by atoms with E-state index in [1.807, 2.05) is 54.3 Å². The van der Waals surface area contributed by atoms with Crippen molar-refractivity contribution in [3.63, 3.8) is 0 Å². The number of aryl methyl sites for hydroxylation is 1. The number of benzene rings is 1. The second-order valence-corrected chi connectivity index (χ2v) is 8.09. The maximum Gasteiger partial charge on any atom is 0.270 e. The summed E-state index contributed by atoms with van der Waals surface area (Å²) in [7, 11) is 2.08. The van der Waals surface area contributed by atoms with Gasteiger partial charge in [-0.2, -0.15) is 0 Å². The fourth-order valence-electron chi connectivity index (χ4n) is 3.99. The van der Waals surface area contributed by atoms with E-state index < -0.39 is 0 Å². The molecule has 0 radical (unpaired) electrons. The average molecular weight is 428 g/mol. The molecule has 162 valence electrons. The Balaban J connectivity index is 1.40. The van der Waals surface area contributed by atoms with Crippen molar-refractivity contribution in [2.75, 3.05) is 38.5 Å². The van der Waals surface area contributed by atoms with Crippen LogP contribution in [0.1, 0.15) is 16.1 Å². The van der Waals surface area contributed by atoms with Crippen LogP contribution in [0.2, 0.25) is 0 Å². The minimum atomic E-state index is 0.0627. The number of carbonyl (C=O) groups excluding carboxylic acids is 1. The number of nitrogens with one attached hydrogen (secondary N) is 2. The molecular formula is C24H25N7O. The van der Waals surface area contributed by atoms with Crippen molar-refractivity contribution in [3.8, 4) is 11.4 Å². The molecular weight excluding hydrogens is 402 g/mol. The molecule has 1 saturated heterocycles. The monoisotopic (exact) mass is 427 g/mol. The fourth-order valence-corrected chi connectivity index (χ4v) is 3.99. The molecule has 0 saturated carbocycles. The smallest absolute Gasteiger partial charge is 0.270 e. The van der Waals surface area contributed by atoms with Gasteiger partial charge in [0, 0.05) is 55.2 Å². The zero-order chi connectivity index (χ0) is 22.1. The average Bonchev–Trinajstić information content (AvgIpc) is 3.16. The summed E-state index contributed by atoms with van der Waals surface area (Å²) in [5.74, 6) is 0.558. The summed E-state index contributed by atoms with van der Waals surface area (Å²) >= 11 is 0. The van der Waals surface area contributed by atoms with E-state index in [1.54, 1.807) is 12.4 Å². The minimum absolute atomic E-state index is 0.0627. The molecule has 8 nitrogen and oxygen atoms in total. The van der Waals surface area contributed by atoms with Crippen molar-refractivity contribution < 1.29 is 4.79 Å². The third kappa shape index (κ3) is 3.92. The molecule has 0 bridgehead atoms. The number of pyridine rings is 1. The zero-order valence-corrected chi connectivity index (χ0v) is 18.2. The highest BCUT2D eigenvalue weighted by Crippen LogP contribution is 2.27. The number of amides is 1. The number of aromatic nitrogens is 4. The summed E-state index contributed by atoms with van der Waals surface area (Å²) in [5.41, 5.74) is 4.96. The Morgan fingerprint density at radius 1 is 1.00 bits per heavy atom. The lowest BCUT2D eigenvalue weighted by Gasteiger charge is -2.32. The zero-order valence-electron chi connectivity index (χ0n) is 18.2. The van der Waals surface area contributed by atoms with E-state index in [2.05, 4.69) is 37.2 Å². The van der Waals surface area contributed by atoms with Crippen LogP contribution in [0.5, 0.6) is 0 Å². The Bertz CT molecular complexity index is 1260. The number of anilines is 2. The van der Waals surface area contributed by atoms with E-state index in [4.69, 9.17) is 0 Å². The molecule has 5 rings (SSSR count). The molecule has 3 aromatic heterocycles. The molecule has 1 aromatic carbocycles. The molecule has 1 aliphatic heterocycles. The Kier molecular flexibility index (Phi) is 5.28. The molecule has 1 amide bonds. The number of piperazine rings is 1. The minimum Gasteiger partial charge on any atom is -0.350 e. The van der Waals surface area contributed by atoms with E-state index in [9.17, 15) is 4.79 Å². The van der Waals surface area contributed by atoms with Crippen LogP contribution >= 0.6 is 0 Å². The molecule has 4 aromatic rings. The van der Waals surface area contributed by atoms with Gasteiger partial charge in [0.2, 0.25) is 5.95 Å². The molecule has 4 heterocycles. The van der Waals surface area contributed by atoms with Gasteiger partial charge in [-0.25, -0.2) is 9.97 Å². The second-order valence-electron chi connectivity index (χ2n) is 8.09. The topological polar surface area (TPSA) is 90.0 Å². The van der Waals surface area contributed by atoms with Crippen LogP contribution in [0, 0.1) is 6.92 Å². The standard InChI is InChI=1S/C24H25N7O/c1-16-18-15-17(27-24-26-10-8-21(29-24)20-5-3-4-9-25-20)6-7-19(18)28-22(16)23(32)31-13-11-30(2)12-14-31/h3-10,15,28H,11-14H2,1-2H3,(H,26,27,29). The van der Waals surface area contributed by atoms with Crippen molar-refractivity contribution in [2.24, 2.45) is 0 Å². The first-order valence-corrected chi connectivity index (χ1v) is 10.7. The Hall–Kier alpha value is -3.78. The number of rotatable bonds is 4. The molecule has 1 fully saturated rings. The Morgan fingerprint density at radius 3 is 2.62 bits per heavy atom. The van der Waals surface area contributed by atoms with E-state index in [-0.39, 0.29) is 5.91 Å². The van der Waals surface area contributed by atoms with Crippen LogP contribution in [-0.4, -0.2) is 68.9 Å². The highest BCUT2D eigenvalue weighted by Gasteiger charge is 2.24. The molecule has 2 N–H and O–H groups in total. The number of aromatic amines is 1. The first-order chi connectivity index (χ1) is 15.6. The van der Waals surface area contributed by atoms with E-state index in [0.29, 0.717) is 11.6 Å². The molecule has 0 atom stereocenters. The third-order valence-corrected chi connectivity index (χ3v) is 5.90. The summed E-state index contributed by atoms with van der Waals surface area (Å²) in [5, 5.41) is 4.28. The maximum atomic E-state index is 13.1. The molecule has 8 heteroatoms. The van der Waals surface area contributed by atoms with Crippen LogP contribution in [-0.2, 0) is 0 Å². The van der Waals surface area contributed by atoms with Gasteiger partial charge in [-0.1, -0.05) is 6.07 Å². The van der Waals surface area contributed by atoms with Gasteiger partial charge in [-0.05, 0) is 55.9 Å². The Morgan fingerprint density at radius 2 is 1.84 bits per heavy atom. The molecule has 0 spiro atoms. The van der Waals surface area contributed by atoms with Crippen molar-refractivity contribution in [1.29, 1.82) is 0 Å². The van der Waals surface area contributed by atoms with Gasteiger partial charge in [0.15, 0.2) is 0 Å². The van der Waals surface area contributed by atoms with Crippen LogP contribution < -0.4 is 5.32 Å². The van der Waals surface area contributed by atoms with E-state index in [1.165, 1.54) is 0 Å². The van der Waals surface area contributed by atoms with E-state index in [0.717, 1.165) is 59.7 Å². The molecule has 32 heavy (non-hydrogen) atoms. The number of hydrogen-bond donors (Lipinski definition) is 2. The van der Waals surface area contributed by atoms with Crippen molar-refractivity contribution in [3.05, 3.63) is 66.1 Å². The van der Waals surface area contributed by atoms with Crippen LogP contribution in [0.15, 0.2) is 54.9 Å². The SMILES string of the molecule is Cc1c(C(=O)N2CCN(C)CC2)[nH]c2ccc(Nc3nccc(-c4ccccn4)n3)cc12. The maximum absolute atomic E-state index is 13.1. The fraction of sp³-hybridized carbons (Fsp3) is 0.250. The van der Waals surface area contributed by atoms with E-state index >= 15 is 0 Å². The largest absolute Gasteiger partial charge is 0.350 e. The predicted octanol–water partition coefficient (Wildman–Crippen LogP) is 3.46. The van der Waals surface area contributed by atoms with Crippen LogP contribution in [0.3, 0.4) is 0 Å². The van der Waals surface area contributed by atoms with Gasteiger partial charge in [0.1, 0.15) is 5.69 Å². The number of hydrogen-bond acceptors (Lipinski definition) is 6. The van der Waals surface area contributed by atoms with Crippen LogP contribution in [0.4, 0.5) is 11.6 Å². The number of nitrogens with zero attached hydrogens (tertiary/aromatic N) is 5. The quantitative estimate of drug-likeness (QED) is 0.518. The molecule has 1 aliphatic rings. The van der Waals surface area contributed by atoms with Crippen LogP contribution in [0.25, 0.3) is 22.3 Å². The highest BCUT2D eigenvalue weighted by molar-refractivity contribution is 6.01. The lowest BCUT2D eigenvalue weighted by atomic mass is 10.1. The summed E-state index contributed by atoms with van der Waals surface area (Å²) in [6.07, 6.45) is 3.46. The van der Waals surface area contributed by atoms with Gasteiger partial charge in [-0.3, -0.25) is 9.78 Å². The van der Waals surface area contributed by atoms with Gasteiger partial charge in [0.05, 0.1) is 11.4 Å². The summed E-state index contributed by atoms with van der Waals surface area (Å²) in [6.45, 7) is 5.29. The van der Waals surface area contributed by atoms with Crippen molar-refractivity contribution >= 4 is 28.4 Å². The second kappa shape index (κ2) is 8.39. The lowest BCUT2D eigenvalue weighted by molar-refractivity contribution is 0.0658. The summed E-state index contributed by atoms with van der Waals surface area (Å²) in [6, 6.07) is 13.5. The first-order valence-electron chi connectivity index (χ1n) is 10.7. The van der Waals surface area contributed by atoms with Crippen molar-refractivity contribution in [1.82, 2.24) is 29.7 Å². The van der Waals surface area contributed by atoms with Gasteiger partial charge < -0.3 is 20.1 Å². The third-order valence-electron chi connectivity index (χ3n) is 5.90.